The van der Waals surface area contributed by atoms with Crippen molar-refractivity contribution >= 4 is 30.2 Å². The molecule has 0 heterocycles. The SMILES string of the molecule is C=CCOC(=O)[C@@H](N)CCCNC(=O)OCC1c2ccccc2-c2ccccc21.C=CCOC(=O)[C@H](CCCNC(=O)OCC1c2ccccc2-c2ccccc21)NC(=O)OC(C)(C)C. The largest absolute Gasteiger partial charge is 0.460 e. The molecular formula is C51H60N4O10. The van der Waals surface area contributed by atoms with Gasteiger partial charge in [-0.3, -0.25) is 4.79 Å². The number of rotatable bonds is 19. The van der Waals surface area contributed by atoms with Gasteiger partial charge in [-0.15, -0.1) is 0 Å². The van der Waals surface area contributed by atoms with Crippen molar-refractivity contribution in [1.82, 2.24) is 16.0 Å². The van der Waals surface area contributed by atoms with Crippen LogP contribution in [0.2, 0.25) is 0 Å². The van der Waals surface area contributed by atoms with Crippen LogP contribution in [0.5, 0.6) is 0 Å². The summed E-state index contributed by atoms with van der Waals surface area (Å²) in [5, 5.41) is 7.95. The van der Waals surface area contributed by atoms with E-state index < -0.39 is 47.9 Å². The van der Waals surface area contributed by atoms with Crippen molar-refractivity contribution in [2.75, 3.05) is 39.5 Å². The summed E-state index contributed by atoms with van der Waals surface area (Å²) >= 11 is 0. The number of ether oxygens (including phenoxy) is 5. The number of fused-ring (bicyclic) bond motifs is 6. The predicted octanol–water partition coefficient (Wildman–Crippen LogP) is 8.29. The summed E-state index contributed by atoms with van der Waals surface area (Å²) in [6, 6.07) is 31.0. The average molecular weight is 889 g/mol. The summed E-state index contributed by atoms with van der Waals surface area (Å²) in [4.78, 5) is 60.5. The lowest BCUT2D eigenvalue weighted by Crippen LogP contribution is -2.44. The van der Waals surface area contributed by atoms with Crippen LogP contribution >= 0.6 is 0 Å². The molecule has 4 aromatic rings. The lowest BCUT2D eigenvalue weighted by atomic mass is 9.98. The molecule has 5 N–H and O–H groups in total. The maximum Gasteiger partial charge on any atom is 0.408 e. The van der Waals surface area contributed by atoms with Crippen LogP contribution in [0.4, 0.5) is 14.4 Å². The van der Waals surface area contributed by atoms with Gasteiger partial charge in [0.15, 0.2) is 0 Å². The molecule has 0 aliphatic heterocycles. The number of nitrogens with one attached hydrogen (secondary N) is 3. The third-order valence-electron chi connectivity index (χ3n) is 10.6. The number of hydrogen-bond acceptors (Lipinski definition) is 11. The molecule has 0 spiro atoms. The minimum atomic E-state index is -0.913. The number of carbonyl (C=O) groups excluding carboxylic acids is 5. The fraction of sp³-hybridized carbons (Fsp3) is 0.353. The van der Waals surface area contributed by atoms with E-state index in [0.717, 1.165) is 22.3 Å². The molecule has 4 aromatic carbocycles. The van der Waals surface area contributed by atoms with Crippen LogP contribution in [0.25, 0.3) is 22.3 Å². The average Bonchev–Trinajstić information content (AvgIpc) is 3.80. The lowest BCUT2D eigenvalue weighted by molar-refractivity contribution is -0.145. The minimum absolute atomic E-state index is 0.0230. The van der Waals surface area contributed by atoms with E-state index in [1.165, 1.54) is 34.4 Å². The summed E-state index contributed by atoms with van der Waals surface area (Å²) in [5.74, 6) is -1.06. The van der Waals surface area contributed by atoms with Crippen molar-refractivity contribution in [2.24, 2.45) is 5.73 Å². The van der Waals surface area contributed by atoms with Crippen LogP contribution in [0.15, 0.2) is 122 Å². The molecule has 2 atom stereocenters. The van der Waals surface area contributed by atoms with Gasteiger partial charge in [-0.1, -0.05) is 122 Å². The summed E-state index contributed by atoms with van der Waals surface area (Å²) in [6.45, 7) is 13.5. The van der Waals surface area contributed by atoms with E-state index in [2.05, 4.69) is 77.6 Å². The van der Waals surface area contributed by atoms with Gasteiger partial charge in [0.1, 0.15) is 44.1 Å². The third-order valence-corrected chi connectivity index (χ3v) is 10.6. The number of amides is 3. The van der Waals surface area contributed by atoms with Gasteiger partial charge in [0, 0.05) is 24.9 Å². The molecule has 2 aliphatic rings. The van der Waals surface area contributed by atoms with Crippen LogP contribution in [-0.2, 0) is 33.3 Å². The standard InChI is InChI=1S/C28H34N2O6.C23H26N2O4/c1-5-17-34-25(31)24(30-27(33)36-28(2,3)4)15-10-16-29-26(32)35-18-23-21-13-8-6-11-19(21)20-12-7-9-14-22(20)23;1-2-14-28-22(26)21(24)12-7-13-25-23(27)29-15-20-18-10-5-3-8-16(18)17-9-4-6-11-19(17)20/h5-9,11-14,23-24H,1,10,15-18H2,2-4H3,(H,29,32)(H,30,33);2-6,8-11,20-21H,1,7,12-15,24H2,(H,25,27)/t24-;21-/m00/s1. The maximum atomic E-state index is 12.4. The first kappa shape index (κ1) is 49.1. The Kier molecular flexibility index (Phi) is 18.3. The molecular weight excluding hydrogens is 829 g/mol. The van der Waals surface area contributed by atoms with Crippen molar-refractivity contribution in [3.05, 3.63) is 145 Å². The Hall–Kier alpha value is -6.93. The van der Waals surface area contributed by atoms with Gasteiger partial charge in [0.2, 0.25) is 0 Å². The number of nitrogens with two attached hydrogens (primary N) is 1. The Labute approximate surface area is 380 Å². The fourth-order valence-corrected chi connectivity index (χ4v) is 7.61. The molecule has 6 rings (SSSR count). The summed E-state index contributed by atoms with van der Waals surface area (Å²) in [7, 11) is 0. The van der Waals surface area contributed by atoms with E-state index in [-0.39, 0.29) is 51.2 Å². The number of alkyl carbamates (subject to hydrolysis) is 3. The summed E-state index contributed by atoms with van der Waals surface area (Å²) in [6.07, 6.45) is 2.83. The fourth-order valence-electron chi connectivity index (χ4n) is 7.61. The Morgan fingerprint density at radius 2 is 0.969 bits per heavy atom. The molecule has 3 amide bonds. The highest BCUT2D eigenvalue weighted by Gasteiger charge is 2.31. The van der Waals surface area contributed by atoms with Crippen LogP contribution in [0, 0.1) is 0 Å². The van der Waals surface area contributed by atoms with Crippen LogP contribution in [0.1, 0.15) is 80.5 Å². The second kappa shape index (κ2) is 24.2. The zero-order valence-corrected chi connectivity index (χ0v) is 37.3. The highest BCUT2D eigenvalue weighted by molar-refractivity contribution is 5.82. The molecule has 14 heteroatoms. The van der Waals surface area contributed by atoms with Gasteiger partial charge in [-0.2, -0.15) is 0 Å². The highest BCUT2D eigenvalue weighted by atomic mass is 16.6. The Morgan fingerprint density at radius 3 is 1.37 bits per heavy atom. The zero-order chi connectivity index (χ0) is 46.8. The molecule has 0 radical (unpaired) electrons. The van der Waals surface area contributed by atoms with E-state index in [1.54, 1.807) is 20.8 Å². The van der Waals surface area contributed by atoms with Crippen molar-refractivity contribution in [3.63, 3.8) is 0 Å². The molecule has 2 aliphatic carbocycles. The Morgan fingerprint density at radius 1 is 0.585 bits per heavy atom. The Bertz CT molecular complexity index is 2200. The first-order valence-corrected chi connectivity index (χ1v) is 21.8. The van der Waals surface area contributed by atoms with Gasteiger partial charge in [0.25, 0.3) is 0 Å². The number of hydrogen-bond donors (Lipinski definition) is 4. The van der Waals surface area contributed by atoms with Crippen molar-refractivity contribution in [1.29, 1.82) is 0 Å². The topological polar surface area (TPSA) is 194 Å². The second-order valence-corrected chi connectivity index (χ2v) is 16.4. The monoisotopic (exact) mass is 888 g/mol. The molecule has 0 fully saturated rings. The first-order valence-electron chi connectivity index (χ1n) is 21.8. The molecule has 0 unspecified atom stereocenters. The van der Waals surface area contributed by atoms with Gasteiger partial charge >= 0.3 is 30.2 Å². The van der Waals surface area contributed by atoms with Crippen LogP contribution < -0.4 is 21.7 Å². The maximum absolute atomic E-state index is 12.4. The number of carbonyl (C=O) groups is 5. The van der Waals surface area contributed by atoms with E-state index in [4.69, 9.17) is 29.4 Å². The molecule has 0 bridgehead atoms. The quantitative estimate of drug-likeness (QED) is 0.0306. The lowest BCUT2D eigenvalue weighted by Gasteiger charge is -2.23. The molecule has 0 aromatic heterocycles. The van der Waals surface area contributed by atoms with E-state index in [9.17, 15) is 24.0 Å². The van der Waals surface area contributed by atoms with Crippen molar-refractivity contribution < 1.29 is 47.7 Å². The first-order chi connectivity index (χ1) is 31.3. The molecule has 344 valence electrons. The van der Waals surface area contributed by atoms with Gasteiger partial charge in [-0.25, -0.2) is 19.2 Å². The predicted molar refractivity (Wildman–Crippen MR) is 248 cm³/mol. The molecule has 0 saturated carbocycles. The second-order valence-electron chi connectivity index (χ2n) is 16.4. The normalized spacial score (nSPS) is 13.1. The van der Waals surface area contributed by atoms with Crippen molar-refractivity contribution in [3.8, 4) is 22.3 Å². The zero-order valence-electron chi connectivity index (χ0n) is 37.3. The van der Waals surface area contributed by atoms with Gasteiger partial charge < -0.3 is 45.4 Å². The minimum Gasteiger partial charge on any atom is -0.460 e. The van der Waals surface area contributed by atoms with E-state index in [0.29, 0.717) is 25.8 Å². The van der Waals surface area contributed by atoms with Gasteiger partial charge in [-0.05, 0) is 91.0 Å². The molecule has 0 saturated heterocycles. The van der Waals surface area contributed by atoms with Crippen molar-refractivity contribution in [2.45, 2.75) is 76.0 Å². The number of esters is 2. The van der Waals surface area contributed by atoms with E-state index >= 15 is 0 Å². The van der Waals surface area contributed by atoms with Crippen LogP contribution in [-0.4, -0.2) is 87.4 Å². The smallest absolute Gasteiger partial charge is 0.408 e. The van der Waals surface area contributed by atoms with E-state index in [1.807, 2.05) is 48.5 Å². The summed E-state index contributed by atoms with van der Waals surface area (Å²) < 4.78 is 26.2. The van der Waals surface area contributed by atoms with Crippen LogP contribution in [0.3, 0.4) is 0 Å². The molecule has 65 heavy (non-hydrogen) atoms. The highest BCUT2D eigenvalue weighted by Crippen LogP contribution is 2.45. The third kappa shape index (κ3) is 14.3. The molecule has 14 nitrogen and oxygen atoms in total. The number of benzene rings is 4. The Balaban J connectivity index is 0.000000250. The van der Waals surface area contributed by atoms with Gasteiger partial charge in [0.05, 0.1) is 0 Å². The summed E-state index contributed by atoms with van der Waals surface area (Å²) in [5.41, 5.74) is 14.4.